The van der Waals surface area contributed by atoms with Gasteiger partial charge >= 0.3 is 6.18 Å². The number of likely N-dealkylation sites (tertiary alicyclic amines) is 2. The fourth-order valence-corrected chi connectivity index (χ4v) is 9.13. The van der Waals surface area contributed by atoms with E-state index in [1.54, 1.807) is 35.3 Å². The predicted molar refractivity (Wildman–Crippen MR) is 248 cm³/mol. The van der Waals surface area contributed by atoms with Crippen molar-refractivity contribution < 1.29 is 56.1 Å². The number of carbonyl (C=O) groups is 6. The molecule has 0 radical (unpaired) electrons. The molecule has 70 heavy (non-hydrogen) atoms. The lowest BCUT2D eigenvalue weighted by Crippen LogP contribution is -2.59. The summed E-state index contributed by atoms with van der Waals surface area (Å²) in [7, 11) is 3.70. The van der Waals surface area contributed by atoms with Crippen molar-refractivity contribution in [3.8, 4) is 0 Å². The first kappa shape index (κ1) is 53.3. The summed E-state index contributed by atoms with van der Waals surface area (Å²) >= 11 is 0. The SMILES string of the molecule is CC(C)N(C)[C@@H]1CC[C@H](N2CC[C@H](Nc3ncnc4ccc(C(F)(F)F)cc34)C2=O)[C@H](NC(=O)COCCNC(=O)CCOCCNC(=O)COCCNC(=O)[C@H]2CC(=O)N(C)[C@@H]2c2cccnc2)C1. The molecule has 20 nitrogen and oxygen atoms in total. The third-order valence-corrected chi connectivity index (χ3v) is 13.0. The Balaban J connectivity index is 0.834. The van der Waals surface area contributed by atoms with Crippen molar-refractivity contribution in [3.05, 3.63) is 60.2 Å². The Labute approximate surface area is 404 Å². The topological polar surface area (TPSA) is 239 Å². The molecule has 0 bridgehead atoms. The number of aromatic nitrogens is 3. The smallest absolute Gasteiger partial charge is 0.379 e. The van der Waals surface area contributed by atoms with Crippen molar-refractivity contribution in [3.63, 3.8) is 0 Å². The molecule has 0 unspecified atom stereocenters. The summed E-state index contributed by atoms with van der Waals surface area (Å²) in [6.45, 7) is 5.00. The maximum atomic E-state index is 13.9. The average Bonchev–Trinajstić information content (AvgIpc) is 3.85. The largest absolute Gasteiger partial charge is 0.416 e. The van der Waals surface area contributed by atoms with Gasteiger partial charge in [0.25, 0.3) is 0 Å². The fraction of sp³-hybridized carbons (Fsp3) is 0.596. The number of nitrogens with zero attached hydrogens (tertiary/aromatic N) is 6. The molecule has 0 spiro atoms. The second-order valence-corrected chi connectivity index (χ2v) is 17.9. The number of alkyl halides is 3. The molecule has 2 aromatic heterocycles. The Bertz CT molecular complexity index is 2280. The maximum Gasteiger partial charge on any atom is 0.416 e. The van der Waals surface area contributed by atoms with Gasteiger partial charge in [-0.2, -0.15) is 13.2 Å². The van der Waals surface area contributed by atoms with Gasteiger partial charge in [0.1, 0.15) is 31.4 Å². The molecule has 2 aliphatic heterocycles. The minimum absolute atomic E-state index is 0.0624. The number of ether oxygens (including phenoxy) is 3. The zero-order chi connectivity index (χ0) is 50.4. The zero-order valence-electron chi connectivity index (χ0n) is 40.0. The van der Waals surface area contributed by atoms with Crippen molar-refractivity contribution >= 4 is 52.2 Å². The number of fused-ring (bicyclic) bond motifs is 1. The van der Waals surface area contributed by atoms with Gasteiger partial charge in [-0.25, -0.2) is 9.97 Å². The molecular formula is C47H64F3N11O9. The molecule has 3 aliphatic rings. The van der Waals surface area contributed by atoms with E-state index in [9.17, 15) is 41.9 Å². The van der Waals surface area contributed by atoms with E-state index < -0.39 is 35.8 Å². The third-order valence-electron chi connectivity index (χ3n) is 13.0. The molecule has 1 aromatic carbocycles. The van der Waals surface area contributed by atoms with Crippen LogP contribution in [0, 0.1) is 5.92 Å². The Morgan fingerprint density at radius 1 is 0.886 bits per heavy atom. The van der Waals surface area contributed by atoms with Gasteiger partial charge in [-0.05, 0) is 76.4 Å². The third kappa shape index (κ3) is 14.5. The molecule has 23 heteroatoms. The van der Waals surface area contributed by atoms with Gasteiger partial charge in [0.15, 0.2) is 0 Å². The van der Waals surface area contributed by atoms with Gasteiger partial charge in [-0.15, -0.1) is 0 Å². The molecule has 3 aromatic rings. The van der Waals surface area contributed by atoms with Gasteiger partial charge in [0.2, 0.25) is 35.4 Å². The molecule has 3 fully saturated rings. The number of hydrogen-bond donors (Lipinski definition) is 5. The number of nitrogens with one attached hydrogen (secondary N) is 5. The summed E-state index contributed by atoms with van der Waals surface area (Å²) in [4.78, 5) is 94.8. The summed E-state index contributed by atoms with van der Waals surface area (Å²) in [5.74, 6) is -2.12. The predicted octanol–water partition coefficient (Wildman–Crippen LogP) is 1.81. The lowest BCUT2D eigenvalue weighted by atomic mass is 9.84. The highest BCUT2D eigenvalue weighted by molar-refractivity contribution is 5.93. The van der Waals surface area contributed by atoms with E-state index in [1.165, 1.54) is 12.4 Å². The summed E-state index contributed by atoms with van der Waals surface area (Å²) < 4.78 is 57.0. The first-order valence-electron chi connectivity index (χ1n) is 23.6. The standard InChI is InChI=1S/C47H64F3N11O9/c1-29(2)59(3)32-8-10-38(61-17-11-36(46(61)67)58-44-33-22-31(47(48,49)50)7-9-35(33)55-28-56-44)37(23-32)57-41(64)27-70-20-15-52-39(62)12-18-68-19-14-53-40(63)26-69-21-16-54-45(66)34-24-42(65)60(4)43(34)30-6-5-13-51-25-30/h5-7,9,13,22,25,28-29,32,34,36-38,43H,8,10-12,14-21,23-24,26-27H2,1-4H3,(H,52,62)(H,53,63)(H,54,66)(H,57,64)(H,55,56,58)/t32-,34+,36+,37-,38+,43-/m1/s1. The molecule has 2 saturated heterocycles. The van der Waals surface area contributed by atoms with Gasteiger partial charge < -0.3 is 55.5 Å². The van der Waals surface area contributed by atoms with Gasteiger partial charge in [-0.1, -0.05) is 6.07 Å². The lowest BCUT2D eigenvalue weighted by Gasteiger charge is -2.44. The van der Waals surface area contributed by atoms with E-state index in [2.05, 4.69) is 60.3 Å². The van der Waals surface area contributed by atoms with Crippen molar-refractivity contribution in [1.29, 1.82) is 0 Å². The Morgan fingerprint density at radius 3 is 2.31 bits per heavy atom. The number of pyridine rings is 1. The van der Waals surface area contributed by atoms with Crippen LogP contribution in [0.3, 0.4) is 0 Å². The summed E-state index contributed by atoms with van der Waals surface area (Å²) in [5, 5.41) is 14.5. The molecule has 6 amide bonds. The number of rotatable bonds is 24. The van der Waals surface area contributed by atoms with Crippen molar-refractivity contribution in [2.75, 3.05) is 85.2 Å². The van der Waals surface area contributed by atoms with Gasteiger partial charge in [0, 0.05) is 75.9 Å². The minimum atomic E-state index is -4.56. The van der Waals surface area contributed by atoms with Crippen LogP contribution in [-0.4, -0.2) is 175 Å². The van der Waals surface area contributed by atoms with E-state index in [4.69, 9.17) is 14.2 Å². The van der Waals surface area contributed by atoms with Crippen molar-refractivity contribution in [2.24, 2.45) is 5.92 Å². The van der Waals surface area contributed by atoms with Gasteiger partial charge in [0.05, 0.1) is 61.6 Å². The summed E-state index contributed by atoms with van der Waals surface area (Å²) in [6.07, 6.45) is 2.49. The number of carbonyl (C=O) groups excluding carboxylic acids is 6. The van der Waals surface area contributed by atoms with Crippen LogP contribution in [0.15, 0.2) is 49.1 Å². The monoisotopic (exact) mass is 983 g/mol. The van der Waals surface area contributed by atoms with E-state index >= 15 is 0 Å². The fourth-order valence-electron chi connectivity index (χ4n) is 9.13. The van der Waals surface area contributed by atoms with E-state index in [1.807, 2.05) is 13.1 Å². The molecule has 6 atom stereocenters. The van der Waals surface area contributed by atoms with E-state index in [0.717, 1.165) is 24.1 Å². The average molecular weight is 984 g/mol. The summed E-state index contributed by atoms with van der Waals surface area (Å²) in [6, 6.07) is 5.32. The Morgan fingerprint density at radius 2 is 1.60 bits per heavy atom. The molecule has 5 N–H and O–H groups in total. The minimum Gasteiger partial charge on any atom is -0.379 e. The molecule has 1 aliphatic carbocycles. The number of halogens is 3. The Kier molecular flexibility index (Phi) is 19.2. The zero-order valence-corrected chi connectivity index (χ0v) is 40.0. The van der Waals surface area contributed by atoms with Crippen LogP contribution in [0.5, 0.6) is 0 Å². The van der Waals surface area contributed by atoms with Crippen LogP contribution in [0.1, 0.15) is 69.5 Å². The van der Waals surface area contributed by atoms with Crippen molar-refractivity contribution in [1.82, 2.24) is 50.9 Å². The lowest BCUT2D eigenvalue weighted by molar-refractivity contribution is -0.137. The quantitative estimate of drug-likeness (QED) is 0.0806. The van der Waals surface area contributed by atoms with Crippen LogP contribution >= 0.6 is 0 Å². The second kappa shape index (κ2) is 25.2. The molecule has 382 valence electrons. The van der Waals surface area contributed by atoms with Crippen LogP contribution in [0.25, 0.3) is 10.9 Å². The molecule has 1 saturated carbocycles. The first-order valence-corrected chi connectivity index (χ1v) is 23.6. The number of benzene rings is 1. The van der Waals surface area contributed by atoms with Crippen LogP contribution in [0.2, 0.25) is 0 Å². The van der Waals surface area contributed by atoms with E-state index in [-0.39, 0.29) is 137 Å². The molecular weight excluding hydrogens is 920 g/mol. The van der Waals surface area contributed by atoms with E-state index in [0.29, 0.717) is 31.3 Å². The normalized spacial score (nSPS) is 21.7. The van der Waals surface area contributed by atoms with Crippen LogP contribution in [-0.2, 0) is 49.2 Å². The van der Waals surface area contributed by atoms with Crippen LogP contribution in [0.4, 0.5) is 19.0 Å². The van der Waals surface area contributed by atoms with Gasteiger partial charge in [-0.3, -0.25) is 33.8 Å². The van der Waals surface area contributed by atoms with Crippen LogP contribution < -0.4 is 26.6 Å². The second-order valence-electron chi connectivity index (χ2n) is 17.9. The highest BCUT2D eigenvalue weighted by Crippen LogP contribution is 2.37. The molecule has 4 heterocycles. The summed E-state index contributed by atoms with van der Waals surface area (Å²) in [5.41, 5.74) is 0.237. The highest BCUT2D eigenvalue weighted by atomic mass is 19.4. The Hall–Kier alpha value is -6.04. The number of hydrogen-bond acceptors (Lipinski definition) is 14. The van der Waals surface area contributed by atoms with Crippen molar-refractivity contribution in [2.45, 2.75) is 94.8 Å². The number of anilines is 1. The number of amides is 6. The molecule has 6 rings (SSSR count). The maximum absolute atomic E-state index is 13.9. The first-order chi connectivity index (χ1) is 33.5. The highest BCUT2D eigenvalue weighted by Gasteiger charge is 2.44.